The van der Waals surface area contributed by atoms with Crippen LogP contribution in [-0.4, -0.2) is 5.88 Å². The van der Waals surface area contributed by atoms with Gasteiger partial charge in [-0.05, 0) is 35.7 Å². The van der Waals surface area contributed by atoms with Crippen LogP contribution in [0.2, 0.25) is 5.02 Å². The van der Waals surface area contributed by atoms with E-state index in [4.69, 9.17) is 23.2 Å². The Morgan fingerprint density at radius 1 is 1.06 bits per heavy atom. The summed E-state index contributed by atoms with van der Waals surface area (Å²) < 4.78 is 13.2. The van der Waals surface area contributed by atoms with Gasteiger partial charge < -0.3 is 0 Å². The summed E-state index contributed by atoms with van der Waals surface area (Å²) in [7, 11) is 0. The lowest BCUT2D eigenvalue weighted by atomic mass is 9.93. The quantitative estimate of drug-likeness (QED) is 0.689. The fraction of sp³-hybridized carbons (Fsp3) is 0.200. The maximum atomic E-state index is 13.2. The molecule has 0 bridgehead atoms. The molecule has 2 aromatic carbocycles. The summed E-state index contributed by atoms with van der Waals surface area (Å²) in [4.78, 5) is 0. The van der Waals surface area contributed by atoms with Crippen molar-refractivity contribution < 1.29 is 4.39 Å². The monoisotopic (exact) mass is 282 g/mol. The Morgan fingerprint density at radius 2 is 1.78 bits per heavy atom. The molecule has 0 amide bonds. The fourth-order valence-corrected chi connectivity index (χ4v) is 2.43. The minimum absolute atomic E-state index is 0.146. The molecule has 0 aliphatic rings. The highest BCUT2D eigenvalue weighted by Gasteiger charge is 2.13. The van der Waals surface area contributed by atoms with E-state index in [1.807, 2.05) is 30.3 Å². The second-order valence-electron chi connectivity index (χ2n) is 4.20. The molecule has 0 aromatic heterocycles. The summed E-state index contributed by atoms with van der Waals surface area (Å²) in [5, 5.41) is 0.586. The van der Waals surface area contributed by atoms with E-state index in [1.54, 1.807) is 6.07 Å². The molecule has 0 spiro atoms. The molecule has 1 atom stereocenters. The Bertz CT molecular complexity index is 511. The van der Waals surface area contributed by atoms with Gasteiger partial charge in [0.05, 0.1) is 0 Å². The van der Waals surface area contributed by atoms with Crippen molar-refractivity contribution in [3.63, 3.8) is 0 Å². The van der Waals surface area contributed by atoms with E-state index in [2.05, 4.69) is 0 Å². The Morgan fingerprint density at radius 3 is 2.44 bits per heavy atom. The lowest BCUT2D eigenvalue weighted by Gasteiger charge is -2.15. The zero-order valence-electron chi connectivity index (χ0n) is 9.74. The van der Waals surface area contributed by atoms with Gasteiger partial charge in [0.1, 0.15) is 5.82 Å². The van der Waals surface area contributed by atoms with Crippen LogP contribution in [0.25, 0.3) is 0 Å². The predicted octanol–water partition coefficient (Wildman–Crippen LogP) is 5.04. The van der Waals surface area contributed by atoms with Gasteiger partial charge in [-0.3, -0.25) is 0 Å². The fourth-order valence-electron chi connectivity index (χ4n) is 1.95. The third kappa shape index (κ3) is 3.24. The van der Waals surface area contributed by atoms with E-state index in [-0.39, 0.29) is 11.7 Å². The normalized spacial score (nSPS) is 12.4. The number of benzene rings is 2. The molecule has 1 unspecified atom stereocenters. The molecule has 18 heavy (non-hydrogen) atoms. The molecule has 0 heterocycles. The molecule has 2 aromatic rings. The van der Waals surface area contributed by atoms with E-state index < -0.39 is 0 Å². The predicted molar refractivity (Wildman–Crippen MR) is 75.0 cm³/mol. The molecule has 3 heteroatoms. The molecule has 94 valence electrons. The van der Waals surface area contributed by atoms with Crippen molar-refractivity contribution in [3.05, 3.63) is 70.5 Å². The number of hydrogen-bond acceptors (Lipinski definition) is 0. The minimum Gasteiger partial charge on any atom is -0.207 e. The zero-order valence-corrected chi connectivity index (χ0v) is 11.3. The summed E-state index contributed by atoms with van der Waals surface area (Å²) in [6, 6.07) is 14.4. The first-order chi connectivity index (χ1) is 8.70. The maximum Gasteiger partial charge on any atom is 0.123 e. The molecule has 0 fully saturated rings. The first-order valence-corrected chi connectivity index (χ1v) is 6.67. The Labute approximate surface area is 116 Å². The maximum absolute atomic E-state index is 13.2. The van der Waals surface area contributed by atoms with Gasteiger partial charge in [-0.1, -0.05) is 41.9 Å². The van der Waals surface area contributed by atoms with Gasteiger partial charge in [-0.2, -0.15) is 0 Å². The van der Waals surface area contributed by atoms with E-state index in [0.29, 0.717) is 17.3 Å². The van der Waals surface area contributed by atoms with Crippen LogP contribution in [0, 0.1) is 5.82 Å². The van der Waals surface area contributed by atoms with E-state index in [9.17, 15) is 4.39 Å². The Kier molecular flexibility index (Phi) is 4.62. The first kappa shape index (κ1) is 13.4. The molecular formula is C15H13Cl2F. The number of halogens is 3. The largest absolute Gasteiger partial charge is 0.207 e. The van der Waals surface area contributed by atoms with Crippen LogP contribution >= 0.6 is 23.2 Å². The van der Waals surface area contributed by atoms with Crippen molar-refractivity contribution in [2.24, 2.45) is 0 Å². The van der Waals surface area contributed by atoms with Crippen LogP contribution in [-0.2, 0) is 6.42 Å². The van der Waals surface area contributed by atoms with Crippen LogP contribution in [0.15, 0.2) is 48.5 Å². The highest BCUT2D eigenvalue weighted by Crippen LogP contribution is 2.26. The van der Waals surface area contributed by atoms with Crippen molar-refractivity contribution >= 4 is 23.2 Å². The molecular weight excluding hydrogens is 270 g/mol. The summed E-state index contributed by atoms with van der Waals surface area (Å²) in [5.74, 6) is 0.361. The zero-order chi connectivity index (χ0) is 13.0. The molecule has 0 aliphatic carbocycles. The van der Waals surface area contributed by atoms with Crippen LogP contribution < -0.4 is 0 Å². The molecule has 0 nitrogen and oxygen atoms in total. The van der Waals surface area contributed by atoms with Crippen molar-refractivity contribution in [3.8, 4) is 0 Å². The molecule has 0 aliphatic heterocycles. The molecule has 0 N–H and O–H groups in total. The van der Waals surface area contributed by atoms with Gasteiger partial charge in [-0.15, -0.1) is 11.6 Å². The van der Waals surface area contributed by atoms with Crippen molar-refractivity contribution in [2.75, 3.05) is 5.88 Å². The summed E-state index contributed by atoms with van der Waals surface area (Å²) in [5.41, 5.74) is 1.94. The molecule has 2 rings (SSSR count). The Balaban J connectivity index is 2.23. The molecule has 0 saturated carbocycles. The van der Waals surface area contributed by atoms with Gasteiger partial charge in [0.2, 0.25) is 0 Å². The Hall–Kier alpha value is -1.05. The molecule has 0 saturated heterocycles. The van der Waals surface area contributed by atoms with Crippen LogP contribution in [0.1, 0.15) is 17.0 Å². The van der Waals surface area contributed by atoms with Gasteiger partial charge in [-0.25, -0.2) is 4.39 Å². The number of alkyl halides is 1. The van der Waals surface area contributed by atoms with Gasteiger partial charge in [0.15, 0.2) is 0 Å². The van der Waals surface area contributed by atoms with Crippen LogP contribution in [0.5, 0.6) is 0 Å². The lowest BCUT2D eigenvalue weighted by molar-refractivity contribution is 0.623. The average Bonchev–Trinajstić information content (AvgIpc) is 2.41. The van der Waals surface area contributed by atoms with Gasteiger partial charge in [0.25, 0.3) is 0 Å². The van der Waals surface area contributed by atoms with E-state index >= 15 is 0 Å². The van der Waals surface area contributed by atoms with Crippen molar-refractivity contribution in [2.45, 2.75) is 12.3 Å². The summed E-state index contributed by atoms with van der Waals surface area (Å²) in [6.45, 7) is 0. The van der Waals surface area contributed by atoms with Crippen LogP contribution in [0.4, 0.5) is 4.39 Å². The van der Waals surface area contributed by atoms with Gasteiger partial charge in [0, 0.05) is 16.8 Å². The number of rotatable bonds is 4. The third-order valence-corrected chi connectivity index (χ3v) is 3.67. The second kappa shape index (κ2) is 6.21. The summed E-state index contributed by atoms with van der Waals surface area (Å²) in [6.07, 6.45) is 0.643. The van der Waals surface area contributed by atoms with Crippen molar-refractivity contribution in [1.82, 2.24) is 0 Å². The van der Waals surface area contributed by atoms with Crippen molar-refractivity contribution in [1.29, 1.82) is 0 Å². The SMILES string of the molecule is Fc1ccc(Cl)c(CC(CCl)c2ccccc2)c1. The van der Waals surface area contributed by atoms with E-state index in [0.717, 1.165) is 11.1 Å². The second-order valence-corrected chi connectivity index (χ2v) is 4.92. The minimum atomic E-state index is -0.268. The topological polar surface area (TPSA) is 0 Å². The standard InChI is InChI=1S/C15H13Cl2F/c16-10-13(11-4-2-1-3-5-11)8-12-9-14(18)6-7-15(12)17/h1-7,9,13H,8,10H2. The third-order valence-electron chi connectivity index (χ3n) is 2.93. The average molecular weight is 283 g/mol. The first-order valence-electron chi connectivity index (χ1n) is 5.75. The summed E-state index contributed by atoms with van der Waals surface area (Å²) >= 11 is 12.1. The smallest absolute Gasteiger partial charge is 0.123 e. The highest BCUT2D eigenvalue weighted by molar-refractivity contribution is 6.31. The highest BCUT2D eigenvalue weighted by atomic mass is 35.5. The van der Waals surface area contributed by atoms with Crippen LogP contribution in [0.3, 0.4) is 0 Å². The lowest BCUT2D eigenvalue weighted by Crippen LogP contribution is -2.05. The van der Waals surface area contributed by atoms with Gasteiger partial charge >= 0.3 is 0 Å². The number of hydrogen-bond donors (Lipinski definition) is 0. The van der Waals surface area contributed by atoms with E-state index in [1.165, 1.54) is 12.1 Å². The molecule has 0 radical (unpaired) electrons.